The molecule has 3 nitrogen and oxygen atoms in total. The lowest BCUT2D eigenvalue weighted by Gasteiger charge is -1.99. The van der Waals surface area contributed by atoms with Crippen molar-refractivity contribution in [2.75, 3.05) is 13.1 Å². The average molecular weight is 224 g/mol. The topological polar surface area (TPSA) is 55.5 Å². The maximum absolute atomic E-state index is 9.67. The van der Waals surface area contributed by atoms with Crippen molar-refractivity contribution in [3.05, 3.63) is 0 Å². The molecule has 0 saturated heterocycles. The third-order valence-electron chi connectivity index (χ3n) is 3.70. The number of nitrogens with zero attached hydrogens (tertiary/aromatic N) is 1. The smallest absolute Gasteiger partial charge is 0.234 e. The van der Waals surface area contributed by atoms with Crippen molar-refractivity contribution in [2.45, 2.75) is 51.4 Å². The Balaban J connectivity index is 0.000000165. The number of hydrogen-bond acceptors (Lipinski definition) is 3. The van der Waals surface area contributed by atoms with Gasteiger partial charge in [0.2, 0.25) is 6.08 Å². The first-order valence-corrected chi connectivity index (χ1v) is 6.60. The molecule has 2 saturated carbocycles. The van der Waals surface area contributed by atoms with Crippen LogP contribution in [0.3, 0.4) is 0 Å². The molecule has 0 atom stereocenters. The molecule has 2 rings (SSSR count). The Hall–Kier alpha value is -0.660. The second kappa shape index (κ2) is 8.49. The molecule has 0 aromatic heterocycles. The summed E-state index contributed by atoms with van der Waals surface area (Å²) in [7, 11) is 0. The lowest BCUT2D eigenvalue weighted by molar-refractivity contribution is 0.540. The van der Waals surface area contributed by atoms with Gasteiger partial charge in [-0.25, -0.2) is 9.79 Å². The van der Waals surface area contributed by atoms with E-state index in [4.69, 9.17) is 5.73 Å². The van der Waals surface area contributed by atoms with Crippen LogP contribution in [0.5, 0.6) is 0 Å². The maximum Gasteiger partial charge on any atom is 0.234 e. The maximum atomic E-state index is 9.67. The van der Waals surface area contributed by atoms with E-state index >= 15 is 0 Å². The zero-order chi connectivity index (χ0) is 11.6. The van der Waals surface area contributed by atoms with E-state index < -0.39 is 0 Å². The van der Waals surface area contributed by atoms with Crippen LogP contribution in [0.2, 0.25) is 0 Å². The number of carbonyl (C=O) groups excluding carboxylic acids is 1. The van der Waals surface area contributed by atoms with Crippen molar-refractivity contribution in [1.29, 1.82) is 0 Å². The molecule has 0 aromatic carbocycles. The predicted octanol–water partition coefficient (Wildman–Crippen LogP) is 2.65. The van der Waals surface area contributed by atoms with E-state index in [1.807, 2.05) is 0 Å². The summed E-state index contributed by atoms with van der Waals surface area (Å²) in [5.41, 5.74) is 5.43. The van der Waals surface area contributed by atoms with E-state index in [0.717, 1.165) is 12.5 Å². The molecule has 0 bridgehead atoms. The third-order valence-corrected chi connectivity index (χ3v) is 3.70. The van der Waals surface area contributed by atoms with Crippen LogP contribution in [0, 0.1) is 11.8 Å². The molecule has 0 unspecified atom stereocenters. The third kappa shape index (κ3) is 5.43. The van der Waals surface area contributed by atoms with Crippen LogP contribution < -0.4 is 5.73 Å². The normalized spacial score (nSPS) is 21.3. The standard InChI is InChI=1S/C7H11NO.C6H13N/c9-6-8-5-7-3-1-2-4-7;7-5-6-3-1-2-4-6/h7H,1-5H2;6H,1-5,7H2. The fourth-order valence-corrected chi connectivity index (χ4v) is 2.61. The van der Waals surface area contributed by atoms with Crippen LogP contribution in [-0.2, 0) is 4.79 Å². The van der Waals surface area contributed by atoms with Gasteiger partial charge in [0.25, 0.3) is 0 Å². The van der Waals surface area contributed by atoms with E-state index in [9.17, 15) is 4.79 Å². The average Bonchev–Trinajstić information content (AvgIpc) is 3.00. The van der Waals surface area contributed by atoms with Gasteiger partial charge in [-0.1, -0.05) is 25.7 Å². The summed E-state index contributed by atoms with van der Waals surface area (Å²) in [6.07, 6.45) is 12.3. The van der Waals surface area contributed by atoms with Crippen LogP contribution in [0.15, 0.2) is 4.99 Å². The van der Waals surface area contributed by atoms with Gasteiger partial charge in [0.05, 0.1) is 6.54 Å². The molecule has 92 valence electrons. The quantitative estimate of drug-likeness (QED) is 0.592. The van der Waals surface area contributed by atoms with E-state index in [1.165, 1.54) is 51.4 Å². The first-order valence-electron chi connectivity index (χ1n) is 6.60. The fourth-order valence-electron chi connectivity index (χ4n) is 2.61. The number of isocyanates is 1. The van der Waals surface area contributed by atoms with Gasteiger partial charge in [-0.3, -0.25) is 0 Å². The minimum Gasteiger partial charge on any atom is -0.330 e. The van der Waals surface area contributed by atoms with Gasteiger partial charge in [0.15, 0.2) is 0 Å². The first-order chi connectivity index (χ1) is 7.86. The second-order valence-corrected chi connectivity index (χ2v) is 4.97. The van der Waals surface area contributed by atoms with Gasteiger partial charge in [-0.15, -0.1) is 0 Å². The molecule has 0 aromatic rings. The summed E-state index contributed by atoms with van der Waals surface area (Å²) >= 11 is 0. The predicted molar refractivity (Wildman–Crippen MR) is 66.0 cm³/mol. The molecule has 0 amide bonds. The molecule has 2 aliphatic rings. The Labute approximate surface area is 98.5 Å². The highest BCUT2D eigenvalue weighted by molar-refractivity contribution is 5.32. The zero-order valence-electron chi connectivity index (χ0n) is 10.2. The van der Waals surface area contributed by atoms with Gasteiger partial charge in [0, 0.05) is 0 Å². The van der Waals surface area contributed by atoms with Gasteiger partial charge in [-0.2, -0.15) is 0 Å². The van der Waals surface area contributed by atoms with Gasteiger partial charge in [0.1, 0.15) is 0 Å². The van der Waals surface area contributed by atoms with E-state index in [1.54, 1.807) is 6.08 Å². The summed E-state index contributed by atoms with van der Waals surface area (Å²) in [5.74, 6) is 1.56. The SMILES string of the molecule is NCC1CCCC1.O=C=NCC1CCCC1. The van der Waals surface area contributed by atoms with E-state index in [0.29, 0.717) is 12.5 Å². The summed E-state index contributed by atoms with van der Waals surface area (Å²) in [4.78, 5) is 13.2. The molecule has 2 aliphatic carbocycles. The summed E-state index contributed by atoms with van der Waals surface area (Å²) in [6, 6.07) is 0. The molecule has 0 spiro atoms. The molecule has 3 heteroatoms. The summed E-state index contributed by atoms with van der Waals surface area (Å²) < 4.78 is 0. The van der Waals surface area contributed by atoms with Crippen LogP contribution in [0.25, 0.3) is 0 Å². The van der Waals surface area contributed by atoms with Crippen LogP contribution in [-0.4, -0.2) is 19.2 Å². The molecular formula is C13H24N2O. The Bertz CT molecular complexity index is 212. The zero-order valence-corrected chi connectivity index (χ0v) is 10.2. The summed E-state index contributed by atoms with van der Waals surface area (Å²) in [5, 5.41) is 0. The van der Waals surface area contributed by atoms with Crippen molar-refractivity contribution in [1.82, 2.24) is 0 Å². The molecule has 0 radical (unpaired) electrons. The molecule has 16 heavy (non-hydrogen) atoms. The van der Waals surface area contributed by atoms with Crippen molar-refractivity contribution in [3.8, 4) is 0 Å². The van der Waals surface area contributed by atoms with E-state index in [2.05, 4.69) is 4.99 Å². The highest BCUT2D eigenvalue weighted by Crippen LogP contribution is 2.24. The molecular weight excluding hydrogens is 200 g/mol. The molecule has 0 heterocycles. The minimum absolute atomic E-state index is 0.687. The first kappa shape index (κ1) is 13.4. The molecule has 2 N–H and O–H groups in total. The van der Waals surface area contributed by atoms with Crippen LogP contribution >= 0.6 is 0 Å². The Morgan fingerprint density at radius 2 is 1.50 bits per heavy atom. The second-order valence-electron chi connectivity index (χ2n) is 4.97. The highest BCUT2D eigenvalue weighted by atomic mass is 16.1. The van der Waals surface area contributed by atoms with Gasteiger partial charge >= 0.3 is 0 Å². The molecule has 2 fully saturated rings. The fraction of sp³-hybridized carbons (Fsp3) is 0.923. The molecule has 0 aliphatic heterocycles. The highest BCUT2D eigenvalue weighted by Gasteiger charge is 2.13. The number of nitrogens with two attached hydrogens (primary N) is 1. The Morgan fingerprint density at radius 1 is 1.00 bits per heavy atom. The van der Waals surface area contributed by atoms with Gasteiger partial charge in [-0.05, 0) is 44.1 Å². The largest absolute Gasteiger partial charge is 0.330 e. The number of rotatable bonds is 3. The van der Waals surface area contributed by atoms with Crippen molar-refractivity contribution in [3.63, 3.8) is 0 Å². The summed E-state index contributed by atoms with van der Waals surface area (Å²) in [6.45, 7) is 1.63. The lowest BCUT2D eigenvalue weighted by atomic mass is 10.1. The van der Waals surface area contributed by atoms with Gasteiger partial charge < -0.3 is 5.73 Å². The van der Waals surface area contributed by atoms with Crippen molar-refractivity contribution >= 4 is 6.08 Å². The Kier molecular flexibility index (Phi) is 7.11. The minimum atomic E-state index is 0.687. The number of hydrogen-bond donors (Lipinski definition) is 1. The van der Waals surface area contributed by atoms with Crippen molar-refractivity contribution < 1.29 is 4.79 Å². The Morgan fingerprint density at radius 3 is 1.88 bits per heavy atom. The van der Waals surface area contributed by atoms with Crippen LogP contribution in [0.1, 0.15) is 51.4 Å². The number of aliphatic imine (C=N–C) groups is 1. The lowest BCUT2D eigenvalue weighted by Crippen LogP contribution is -2.09. The van der Waals surface area contributed by atoms with E-state index in [-0.39, 0.29) is 0 Å². The van der Waals surface area contributed by atoms with Crippen LogP contribution in [0.4, 0.5) is 0 Å². The monoisotopic (exact) mass is 224 g/mol. The van der Waals surface area contributed by atoms with Crippen molar-refractivity contribution in [2.24, 2.45) is 22.6 Å².